The number of rotatable bonds is 5. The van der Waals surface area contributed by atoms with Crippen LogP contribution in [-0.2, 0) is 4.79 Å². The molecule has 0 aliphatic heterocycles. The summed E-state index contributed by atoms with van der Waals surface area (Å²) >= 11 is 0. The van der Waals surface area contributed by atoms with E-state index in [0.29, 0.717) is 6.54 Å². The van der Waals surface area contributed by atoms with Crippen LogP contribution in [0, 0.1) is 17.2 Å². The maximum atomic E-state index is 11.9. The lowest BCUT2D eigenvalue weighted by atomic mass is 9.83. The summed E-state index contributed by atoms with van der Waals surface area (Å²) in [4.78, 5) is 11.9. The fourth-order valence-corrected chi connectivity index (χ4v) is 2.21. The Kier molecular flexibility index (Phi) is 4.35. The van der Waals surface area contributed by atoms with Crippen molar-refractivity contribution in [1.82, 2.24) is 5.32 Å². The molecule has 1 fully saturated rings. The van der Waals surface area contributed by atoms with Gasteiger partial charge in [0.05, 0.1) is 6.07 Å². The molecule has 0 aromatic heterocycles. The minimum absolute atomic E-state index is 0.178. The van der Waals surface area contributed by atoms with Gasteiger partial charge in [0.1, 0.15) is 5.92 Å². The predicted octanol–water partition coefficient (Wildman–Crippen LogP) is 2.60. The van der Waals surface area contributed by atoms with E-state index in [-0.39, 0.29) is 5.91 Å². The molecule has 94 valence electrons. The highest BCUT2D eigenvalue weighted by molar-refractivity contribution is 5.86. The van der Waals surface area contributed by atoms with Gasteiger partial charge in [-0.1, -0.05) is 49.6 Å². The maximum absolute atomic E-state index is 11.9. The third kappa shape index (κ3) is 3.10. The van der Waals surface area contributed by atoms with Crippen molar-refractivity contribution in [3.8, 4) is 6.07 Å². The fourth-order valence-electron chi connectivity index (χ4n) is 2.21. The first kappa shape index (κ1) is 12.6. The Hall–Kier alpha value is -1.82. The van der Waals surface area contributed by atoms with Gasteiger partial charge < -0.3 is 5.32 Å². The van der Waals surface area contributed by atoms with Gasteiger partial charge in [-0.05, 0) is 17.9 Å². The lowest BCUT2D eigenvalue weighted by Gasteiger charge is -2.25. The molecule has 3 nitrogen and oxygen atoms in total. The van der Waals surface area contributed by atoms with Gasteiger partial charge in [-0.2, -0.15) is 5.26 Å². The molecule has 0 spiro atoms. The summed E-state index contributed by atoms with van der Waals surface area (Å²) in [5.41, 5.74) is 0.765. The molecule has 3 heteroatoms. The van der Waals surface area contributed by atoms with E-state index in [1.54, 1.807) is 0 Å². The number of nitrogens with one attached hydrogen (secondary N) is 1. The highest BCUT2D eigenvalue weighted by atomic mass is 16.1. The van der Waals surface area contributed by atoms with E-state index in [1.165, 1.54) is 19.3 Å². The Balaban J connectivity index is 1.84. The standard InChI is InChI=1S/C15H18N2O/c16-11-14(13-7-2-1-3-8-13)15(18)17-10-9-12-5-4-6-12/h1-3,7-8,12,14H,4-6,9-10H2,(H,17,18). The minimum atomic E-state index is -0.687. The highest BCUT2D eigenvalue weighted by Gasteiger charge is 2.21. The number of carbonyl (C=O) groups excluding carboxylic acids is 1. The van der Waals surface area contributed by atoms with Crippen LogP contribution in [0.15, 0.2) is 30.3 Å². The van der Waals surface area contributed by atoms with E-state index in [2.05, 4.69) is 11.4 Å². The number of hydrogen-bond acceptors (Lipinski definition) is 2. The number of carbonyl (C=O) groups is 1. The number of nitrogens with zero attached hydrogens (tertiary/aromatic N) is 1. The van der Waals surface area contributed by atoms with E-state index >= 15 is 0 Å². The van der Waals surface area contributed by atoms with E-state index in [1.807, 2.05) is 30.3 Å². The van der Waals surface area contributed by atoms with Crippen molar-refractivity contribution >= 4 is 5.91 Å². The van der Waals surface area contributed by atoms with Crippen LogP contribution >= 0.6 is 0 Å². The molecule has 0 heterocycles. The minimum Gasteiger partial charge on any atom is -0.355 e. The maximum Gasteiger partial charge on any atom is 0.241 e. The number of nitriles is 1. The van der Waals surface area contributed by atoms with Crippen LogP contribution in [0.5, 0.6) is 0 Å². The van der Waals surface area contributed by atoms with E-state index in [9.17, 15) is 4.79 Å². The molecule has 2 rings (SSSR count). The Bertz CT molecular complexity index is 432. The Morgan fingerprint density at radius 2 is 2.11 bits per heavy atom. The van der Waals surface area contributed by atoms with Gasteiger partial charge in [-0.15, -0.1) is 0 Å². The quantitative estimate of drug-likeness (QED) is 0.862. The molecule has 1 amide bonds. The Morgan fingerprint density at radius 1 is 1.39 bits per heavy atom. The third-order valence-electron chi connectivity index (χ3n) is 3.60. The molecule has 1 unspecified atom stereocenters. The molecule has 1 N–H and O–H groups in total. The molecular formula is C15H18N2O. The van der Waals surface area contributed by atoms with Crippen LogP contribution in [0.3, 0.4) is 0 Å². The molecule has 1 aliphatic rings. The monoisotopic (exact) mass is 242 g/mol. The lowest BCUT2D eigenvalue weighted by Crippen LogP contribution is -2.31. The summed E-state index contributed by atoms with van der Waals surface area (Å²) in [7, 11) is 0. The first-order valence-electron chi connectivity index (χ1n) is 6.53. The van der Waals surface area contributed by atoms with E-state index in [4.69, 9.17) is 5.26 Å². The normalized spacial score (nSPS) is 16.4. The zero-order valence-electron chi connectivity index (χ0n) is 10.4. The van der Waals surface area contributed by atoms with E-state index in [0.717, 1.165) is 17.9 Å². The van der Waals surface area contributed by atoms with Crippen molar-refractivity contribution in [3.63, 3.8) is 0 Å². The molecule has 1 aromatic rings. The predicted molar refractivity (Wildman–Crippen MR) is 69.8 cm³/mol. The second kappa shape index (κ2) is 6.20. The summed E-state index contributed by atoms with van der Waals surface area (Å²) in [6, 6.07) is 11.3. The fraction of sp³-hybridized carbons (Fsp3) is 0.467. The zero-order valence-corrected chi connectivity index (χ0v) is 10.4. The van der Waals surface area contributed by atoms with Crippen molar-refractivity contribution in [2.75, 3.05) is 6.54 Å². The van der Waals surface area contributed by atoms with Crippen LogP contribution in [0.1, 0.15) is 37.2 Å². The van der Waals surface area contributed by atoms with Gasteiger partial charge in [-0.3, -0.25) is 4.79 Å². The molecule has 1 saturated carbocycles. The van der Waals surface area contributed by atoms with Crippen LogP contribution in [-0.4, -0.2) is 12.5 Å². The molecular weight excluding hydrogens is 224 g/mol. The van der Waals surface area contributed by atoms with Crippen LogP contribution in [0.25, 0.3) is 0 Å². The van der Waals surface area contributed by atoms with Crippen molar-refractivity contribution in [2.24, 2.45) is 5.92 Å². The van der Waals surface area contributed by atoms with Gasteiger partial charge in [0.25, 0.3) is 0 Å². The van der Waals surface area contributed by atoms with Gasteiger partial charge in [0.2, 0.25) is 5.91 Å². The van der Waals surface area contributed by atoms with Crippen molar-refractivity contribution in [3.05, 3.63) is 35.9 Å². The van der Waals surface area contributed by atoms with Gasteiger partial charge in [0.15, 0.2) is 0 Å². The van der Waals surface area contributed by atoms with Crippen LogP contribution < -0.4 is 5.32 Å². The first-order valence-corrected chi connectivity index (χ1v) is 6.53. The molecule has 0 saturated heterocycles. The summed E-state index contributed by atoms with van der Waals surface area (Å²) in [6.45, 7) is 0.689. The van der Waals surface area contributed by atoms with Crippen molar-refractivity contribution in [1.29, 1.82) is 5.26 Å². The van der Waals surface area contributed by atoms with Crippen molar-refractivity contribution in [2.45, 2.75) is 31.6 Å². The zero-order chi connectivity index (χ0) is 12.8. The topological polar surface area (TPSA) is 52.9 Å². The average molecular weight is 242 g/mol. The third-order valence-corrected chi connectivity index (χ3v) is 3.60. The summed E-state index contributed by atoms with van der Waals surface area (Å²) in [5, 5.41) is 12.0. The molecule has 1 aliphatic carbocycles. The number of benzene rings is 1. The highest BCUT2D eigenvalue weighted by Crippen LogP contribution is 2.28. The average Bonchev–Trinajstić information content (AvgIpc) is 2.34. The van der Waals surface area contributed by atoms with Crippen LogP contribution in [0.4, 0.5) is 0 Å². The SMILES string of the molecule is N#CC(C(=O)NCCC1CCC1)c1ccccc1. The second-order valence-electron chi connectivity index (χ2n) is 4.85. The number of amides is 1. The molecule has 1 atom stereocenters. The smallest absolute Gasteiger partial charge is 0.241 e. The Morgan fingerprint density at radius 3 is 2.67 bits per heavy atom. The Labute approximate surface area is 108 Å². The van der Waals surface area contributed by atoms with E-state index < -0.39 is 5.92 Å². The summed E-state index contributed by atoms with van der Waals surface area (Å²) in [6.07, 6.45) is 4.94. The molecule has 0 bridgehead atoms. The van der Waals surface area contributed by atoms with Crippen molar-refractivity contribution < 1.29 is 4.79 Å². The summed E-state index contributed by atoms with van der Waals surface area (Å²) < 4.78 is 0. The lowest BCUT2D eigenvalue weighted by molar-refractivity contribution is -0.121. The largest absolute Gasteiger partial charge is 0.355 e. The van der Waals surface area contributed by atoms with Gasteiger partial charge >= 0.3 is 0 Å². The second-order valence-corrected chi connectivity index (χ2v) is 4.85. The first-order chi connectivity index (χ1) is 8.81. The molecule has 0 radical (unpaired) electrons. The molecule has 18 heavy (non-hydrogen) atoms. The summed E-state index contributed by atoms with van der Waals surface area (Å²) in [5.74, 6) is -0.0850. The number of hydrogen-bond donors (Lipinski definition) is 1. The molecule has 1 aromatic carbocycles. The van der Waals surface area contributed by atoms with Gasteiger partial charge in [-0.25, -0.2) is 0 Å². The van der Waals surface area contributed by atoms with Gasteiger partial charge in [0, 0.05) is 6.54 Å². The van der Waals surface area contributed by atoms with Crippen LogP contribution in [0.2, 0.25) is 0 Å².